The number of benzene rings is 1. The molecule has 0 bridgehead atoms. The van der Waals surface area contributed by atoms with Crippen molar-refractivity contribution in [3.8, 4) is 0 Å². The number of ketones is 1. The van der Waals surface area contributed by atoms with E-state index in [2.05, 4.69) is 12.1 Å². The summed E-state index contributed by atoms with van der Waals surface area (Å²) < 4.78 is 5.07. The third kappa shape index (κ3) is 5.63. The maximum absolute atomic E-state index is 11.3. The summed E-state index contributed by atoms with van der Waals surface area (Å²) in [6.07, 6.45) is 2.41. The molecule has 2 N–H and O–H groups in total. The summed E-state index contributed by atoms with van der Waals surface area (Å²) in [4.78, 5) is 11.3. The van der Waals surface area contributed by atoms with E-state index in [0.717, 1.165) is 12.8 Å². The molecule has 0 radical (unpaired) electrons. The number of ether oxygens (including phenoxy) is 1. The second-order valence-corrected chi connectivity index (χ2v) is 3.72. The van der Waals surface area contributed by atoms with Gasteiger partial charge in [-0.1, -0.05) is 30.3 Å². The molecule has 0 spiro atoms. The maximum Gasteiger partial charge on any atom is 0.158 e. The van der Waals surface area contributed by atoms with Crippen molar-refractivity contribution in [3.05, 3.63) is 35.9 Å². The topological polar surface area (TPSA) is 52.3 Å². The van der Waals surface area contributed by atoms with Crippen molar-refractivity contribution >= 4 is 5.78 Å². The van der Waals surface area contributed by atoms with E-state index in [1.165, 1.54) is 5.56 Å². The van der Waals surface area contributed by atoms with Crippen molar-refractivity contribution in [3.63, 3.8) is 0 Å². The van der Waals surface area contributed by atoms with Gasteiger partial charge in [0.05, 0.1) is 6.61 Å². The quantitative estimate of drug-likeness (QED) is 0.678. The van der Waals surface area contributed by atoms with Gasteiger partial charge in [0, 0.05) is 13.0 Å². The van der Waals surface area contributed by atoms with Gasteiger partial charge >= 0.3 is 0 Å². The molecule has 88 valence electrons. The number of hydrogen-bond acceptors (Lipinski definition) is 3. The van der Waals surface area contributed by atoms with Gasteiger partial charge in [-0.15, -0.1) is 0 Å². The van der Waals surface area contributed by atoms with Crippen LogP contribution in [-0.2, 0) is 16.0 Å². The lowest BCUT2D eigenvalue weighted by molar-refractivity contribution is -0.123. The van der Waals surface area contributed by atoms with Gasteiger partial charge in [0.1, 0.15) is 6.61 Å². The molecule has 1 rings (SSSR count). The molecule has 0 aliphatic rings. The van der Waals surface area contributed by atoms with Crippen molar-refractivity contribution < 1.29 is 9.53 Å². The Morgan fingerprint density at radius 3 is 2.69 bits per heavy atom. The molecule has 0 aliphatic carbocycles. The third-order valence-electron chi connectivity index (χ3n) is 2.29. The molecular formula is C13H19NO2. The maximum atomic E-state index is 11.3. The van der Waals surface area contributed by atoms with Crippen LogP contribution in [0.15, 0.2) is 30.3 Å². The highest BCUT2D eigenvalue weighted by molar-refractivity contribution is 5.79. The van der Waals surface area contributed by atoms with Gasteiger partial charge < -0.3 is 10.5 Å². The third-order valence-corrected chi connectivity index (χ3v) is 2.29. The van der Waals surface area contributed by atoms with E-state index < -0.39 is 0 Å². The van der Waals surface area contributed by atoms with Crippen LogP contribution in [0.2, 0.25) is 0 Å². The highest BCUT2D eigenvalue weighted by Gasteiger charge is 2.01. The molecule has 0 aromatic heterocycles. The van der Waals surface area contributed by atoms with Gasteiger partial charge in [0.25, 0.3) is 0 Å². The van der Waals surface area contributed by atoms with Crippen molar-refractivity contribution in [2.24, 2.45) is 5.73 Å². The van der Waals surface area contributed by atoms with E-state index in [9.17, 15) is 4.79 Å². The molecule has 0 unspecified atom stereocenters. The molecule has 0 saturated carbocycles. The van der Waals surface area contributed by atoms with E-state index in [1.807, 2.05) is 18.2 Å². The van der Waals surface area contributed by atoms with Gasteiger partial charge in [0.15, 0.2) is 5.78 Å². The SMILES string of the molecule is NCCOCC(=O)CCCc1ccccc1. The second kappa shape index (κ2) is 8.02. The largest absolute Gasteiger partial charge is 0.372 e. The van der Waals surface area contributed by atoms with Crippen molar-refractivity contribution in [2.45, 2.75) is 19.3 Å². The molecule has 16 heavy (non-hydrogen) atoms. The van der Waals surface area contributed by atoms with Gasteiger partial charge in [-0.3, -0.25) is 4.79 Å². The van der Waals surface area contributed by atoms with Crippen LogP contribution in [0.5, 0.6) is 0 Å². The minimum absolute atomic E-state index is 0.157. The van der Waals surface area contributed by atoms with Crippen LogP contribution in [0.1, 0.15) is 18.4 Å². The Kier molecular flexibility index (Phi) is 6.45. The summed E-state index contributed by atoms with van der Waals surface area (Å²) in [6.45, 7) is 1.13. The Hall–Kier alpha value is -1.19. The number of carbonyl (C=O) groups excluding carboxylic acids is 1. The molecule has 0 amide bonds. The molecule has 0 fully saturated rings. The zero-order valence-electron chi connectivity index (χ0n) is 9.52. The predicted octanol–water partition coefficient (Wildman–Crippen LogP) is 1.55. The predicted molar refractivity (Wildman–Crippen MR) is 64.3 cm³/mol. The van der Waals surface area contributed by atoms with Crippen LogP contribution in [0.3, 0.4) is 0 Å². The Bertz CT molecular complexity index is 298. The highest BCUT2D eigenvalue weighted by Crippen LogP contribution is 2.04. The fourth-order valence-corrected chi connectivity index (χ4v) is 1.48. The number of rotatable bonds is 8. The Balaban J connectivity index is 2.09. The molecule has 0 atom stereocenters. The monoisotopic (exact) mass is 221 g/mol. The smallest absolute Gasteiger partial charge is 0.158 e. The van der Waals surface area contributed by atoms with E-state index in [4.69, 9.17) is 10.5 Å². The van der Waals surface area contributed by atoms with Gasteiger partial charge in [-0.25, -0.2) is 0 Å². The number of nitrogens with two attached hydrogens (primary N) is 1. The zero-order valence-corrected chi connectivity index (χ0v) is 9.52. The summed E-state index contributed by atoms with van der Waals surface area (Å²) >= 11 is 0. The molecule has 0 heterocycles. The summed E-state index contributed by atoms with van der Waals surface area (Å²) in [6, 6.07) is 10.2. The number of carbonyl (C=O) groups is 1. The number of hydrogen-bond donors (Lipinski definition) is 1. The first-order valence-corrected chi connectivity index (χ1v) is 5.66. The molecule has 3 nitrogen and oxygen atoms in total. The van der Waals surface area contributed by atoms with Crippen LogP contribution in [0.4, 0.5) is 0 Å². The Labute approximate surface area is 96.6 Å². The molecule has 1 aromatic rings. The Morgan fingerprint density at radius 2 is 2.00 bits per heavy atom. The first kappa shape index (κ1) is 12.9. The molecular weight excluding hydrogens is 202 g/mol. The van der Waals surface area contributed by atoms with Crippen LogP contribution in [0, 0.1) is 0 Å². The van der Waals surface area contributed by atoms with E-state index in [0.29, 0.717) is 19.6 Å². The minimum atomic E-state index is 0.157. The molecule has 0 aliphatic heterocycles. The molecule has 0 saturated heterocycles. The number of Topliss-reactive ketones (excluding diaryl/α,β-unsaturated/α-hetero) is 1. The van der Waals surface area contributed by atoms with E-state index in [-0.39, 0.29) is 12.4 Å². The van der Waals surface area contributed by atoms with E-state index >= 15 is 0 Å². The summed E-state index contributed by atoms with van der Waals surface area (Å²) in [5.74, 6) is 0.157. The fraction of sp³-hybridized carbons (Fsp3) is 0.462. The molecule has 3 heteroatoms. The average molecular weight is 221 g/mol. The first-order chi connectivity index (χ1) is 7.83. The van der Waals surface area contributed by atoms with Crippen molar-refractivity contribution in [2.75, 3.05) is 19.8 Å². The summed E-state index contributed by atoms with van der Waals surface area (Å²) in [5.41, 5.74) is 6.53. The van der Waals surface area contributed by atoms with Crippen LogP contribution in [0.25, 0.3) is 0 Å². The van der Waals surface area contributed by atoms with Crippen LogP contribution >= 0.6 is 0 Å². The minimum Gasteiger partial charge on any atom is -0.372 e. The average Bonchev–Trinajstić information content (AvgIpc) is 2.31. The van der Waals surface area contributed by atoms with Crippen molar-refractivity contribution in [1.82, 2.24) is 0 Å². The molecule has 1 aromatic carbocycles. The van der Waals surface area contributed by atoms with Crippen molar-refractivity contribution in [1.29, 1.82) is 0 Å². The number of aryl methyl sites for hydroxylation is 1. The lowest BCUT2D eigenvalue weighted by Gasteiger charge is -2.02. The lowest BCUT2D eigenvalue weighted by atomic mass is 10.1. The fourth-order valence-electron chi connectivity index (χ4n) is 1.48. The first-order valence-electron chi connectivity index (χ1n) is 5.66. The van der Waals surface area contributed by atoms with E-state index in [1.54, 1.807) is 0 Å². The normalized spacial score (nSPS) is 10.3. The van der Waals surface area contributed by atoms with Gasteiger partial charge in [-0.2, -0.15) is 0 Å². The summed E-state index contributed by atoms with van der Waals surface area (Å²) in [5, 5.41) is 0. The van der Waals surface area contributed by atoms with Crippen LogP contribution < -0.4 is 5.73 Å². The van der Waals surface area contributed by atoms with Crippen LogP contribution in [-0.4, -0.2) is 25.5 Å². The lowest BCUT2D eigenvalue weighted by Crippen LogP contribution is -2.14. The Morgan fingerprint density at radius 1 is 1.25 bits per heavy atom. The zero-order chi connectivity index (χ0) is 11.6. The highest BCUT2D eigenvalue weighted by atomic mass is 16.5. The summed E-state index contributed by atoms with van der Waals surface area (Å²) in [7, 11) is 0. The van der Waals surface area contributed by atoms with Gasteiger partial charge in [-0.05, 0) is 18.4 Å². The van der Waals surface area contributed by atoms with Gasteiger partial charge in [0.2, 0.25) is 0 Å². The second-order valence-electron chi connectivity index (χ2n) is 3.72. The standard InChI is InChI=1S/C13H19NO2/c14-9-10-16-11-13(15)8-4-7-12-5-2-1-3-6-12/h1-3,5-6H,4,7-11,14H2.